The summed E-state index contributed by atoms with van der Waals surface area (Å²) in [5.41, 5.74) is 1.08. The van der Waals surface area contributed by atoms with Crippen molar-refractivity contribution >= 4 is 39.9 Å². The van der Waals surface area contributed by atoms with Crippen LogP contribution in [-0.4, -0.2) is 21.9 Å². The second kappa shape index (κ2) is 3.61. The minimum absolute atomic E-state index is 0.0562. The van der Waals surface area contributed by atoms with Crippen LogP contribution in [0.25, 0.3) is 16.5 Å². The highest BCUT2D eigenvalue weighted by molar-refractivity contribution is 6.40. The fraction of sp³-hybridized carbons (Fsp3) is 0. The monoisotopic (exact) mass is 262 g/mol. The van der Waals surface area contributed by atoms with Gasteiger partial charge in [-0.3, -0.25) is 14.9 Å². The molecule has 0 unspecified atom stereocenters. The number of hydrogen-bond acceptors (Lipinski definition) is 3. The van der Waals surface area contributed by atoms with Crippen molar-refractivity contribution in [3.63, 3.8) is 0 Å². The Morgan fingerprint density at radius 2 is 1.94 bits per heavy atom. The maximum atomic E-state index is 11.6. The van der Waals surface area contributed by atoms with E-state index in [1.807, 2.05) is 5.32 Å². The van der Waals surface area contributed by atoms with Crippen LogP contribution in [0.1, 0.15) is 5.56 Å². The van der Waals surface area contributed by atoms with Crippen LogP contribution in [0.3, 0.4) is 0 Å². The van der Waals surface area contributed by atoms with Gasteiger partial charge in [-0.05, 0) is 12.1 Å². The van der Waals surface area contributed by atoms with Gasteiger partial charge in [0.05, 0.1) is 10.6 Å². The number of hydrogen-bond donors (Lipinski definition) is 3. The first-order valence-electron chi connectivity index (χ1n) is 5.14. The highest BCUT2D eigenvalue weighted by Crippen LogP contribution is 2.33. The Morgan fingerprint density at radius 3 is 2.61 bits per heavy atom. The number of aromatic nitrogens is 1. The largest absolute Gasteiger partial charge is 0.502 e. The molecule has 0 atom stereocenters. The van der Waals surface area contributed by atoms with E-state index in [-0.39, 0.29) is 5.57 Å². The number of H-pyrrole nitrogens is 1. The van der Waals surface area contributed by atoms with Gasteiger partial charge in [-0.15, -0.1) is 0 Å². The minimum Gasteiger partial charge on any atom is -0.502 e. The fourth-order valence-electron chi connectivity index (χ4n) is 2.03. The van der Waals surface area contributed by atoms with Crippen LogP contribution in [0, 0.1) is 0 Å². The van der Waals surface area contributed by atoms with Gasteiger partial charge in [-0.25, -0.2) is 0 Å². The molecule has 5 nitrogen and oxygen atoms in total. The lowest BCUT2D eigenvalue weighted by Gasteiger charge is -2.00. The van der Waals surface area contributed by atoms with Crippen LogP contribution in [0.2, 0.25) is 5.02 Å². The predicted molar refractivity (Wildman–Crippen MR) is 66.0 cm³/mol. The van der Waals surface area contributed by atoms with Gasteiger partial charge < -0.3 is 10.1 Å². The maximum Gasteiger partial charge on any atom is 0.293 e. The number of benzene rings is 1. The molecular weight excluding hydrogens is 256 g/mol. The SMILES string of the molecule is O=C1NC(=O)C(c2c[nH]c3cccc(Cl)c23)=C1O. The van der Waals surface area contributed by atoms with E-state index in [0.717, 1.165) is 5.52 Å². The molecule has 1 aromatic heterocycles. The summed E-state index contributed by atoms with van der Waals surface area (Å²) in [6.45, 7) is 0. The minimum atomic E-state index is -0.795. The van der Waals surface area contributed by atoms with Gasteiger partial charge in [0.15, 0.2) is 5.76 Å². The van der Waals surface area contributed by atoms with Gasteiger partial charge >= 0.3 is 0 Å². The van der Waals surface area contributed by atoms with Crippen LogP contribution < -0.4 is 5.32 Å². The first kappa shape index (κ1) is 10.9. The third kappa shape index (κ3) is 1.34. The van der Waals surface area contributed by atoms with E-state index >= 15 is 0 Å². The summed E-state index contributed by atoms with van der Waals surface area (Å²) in [4.78, 5) is 25.8. The van der Waals surface area contributed by atoms with Crippen LogP contribution in [0.4, 0.5) is 0 Å². The van der Waals surface area contributed by atoms with Crippen molar-refractivity contribution in [1.82, 2.24) is 10.3 Å². The summed E-state index contributed by atoms with van der Waals surface area (Å²) < 4.78 is 0. The summed E-state index contributed by atoms with van der Waals surface area (Å²) >= 11 is 6.07. The molecule has 1 aliphatic rings. The summed E-state index contributed by atoms with van der Waals surface area (Å²) in [5.74, 6) is -2.00. The Balaban J connectivity index is 2.34. The molecule has 3 rings (SSSR count). The summed E-state index contributed by atoms with van der Waals surface area (Å²) in [6.07, 6.45) is 1.54. The third-order valence-corrected chi connectivity index (χ3v) is 3.15. The third-order valence-electron chi connectivity index (χ3n) is 2.83. The second-order valence-electron chi connectivity index (χ2n) is 3.87. The molecule has 1 aliphatic heterocycles. The summed E-state index contributed by atoms with van der Waals surface area (Å²) in [6, 6.07) is 5.23. The average Bonchev–Trinajstić information content (AvgIpc) is 2.83. The van der Waals surface area contributed by atoms with Crippen molar-refractivity contribution in [2.24, 2.45) is 0 Å². The van der Waals surface area contributed by atoms with Gasteiger partial charge in [0.25, 0.3) is 11.8 Å². The molecule has 1 aromatic carbocycles. The van der Waals surface area contributed by atoms with Crippen molar-refractivity contribution in [2.45, 2.75) is 0 Å². The maximum absolute atomic E-state index is 11.6. The highest BCUT2D eigenvalue weighted by Gasteiger charge is 2.32. The smallest absolute Gasteiger partial charge is 0.293 e. The molecule has 0 saturated carbocycles. The molecule has 0 bridgehead atoms. The van der Waals surface area contributed by atoms with Crippen molar-refractivity contribution in [3.05, 3.63) is 40.7 Å². The molecule has 3 N–H and O–H groups in total. The lowest BCUT2D eigenvalue weighted by Crippen LogP contribution is -2.22. The Morgan fingerprint density at radius 1 is 1.17 bits per heavy atom. The molecule has 0 fully saturated rings. The van der Waals surface area contributed by atoms with Crippen molar-refractivity contribution in [1.29, 1.82) is 0 Å². The molecular formula is C12H7ClN2O3. The van der Waals surface area contributed by atoms with Gasteiger partial charge in [0, 0.05) is 22.7 Å². The quantitative estimate of drug-likeness (QED) is 0.685. The molecule has 2 heterocycles. The van der Waals surface area contributed by atoms with Crippen molar-refractivity contribution in [3.8, 4) is 0 Å². The van der Waals surface area contributed by atoms with Gasteiger partial charge in [0.2, 0.25) is 0 Å². The van der Waals surface area contributed by atoms with Crippen LogP contribution >= 0.6 is 11.6 Å². The first-order chi connectivity index (χ1) is 8.59. The van der Waals surface area contributed by atoms with E-state index in [0.29, 0.717) is 16.0 Å². The standard InChI is InChI=1S/C12H7ClN2O3/c13-6-2-1-3-7-8(6)5(4-14-7)9-10(16)12(18)15-11(9)17/h1-4,14H,(H2,15,16,17,18). The zero-order chi connectivity index (χ0) is 12.9. The number of carbonyl (C=O) groups is 2. The van der Waals surface area contributed by atoms with E-state index in [2.05, 4.69) is 4.98 Å². The number of carbonyl (C=O) groups excluding carboxylic acids is 2. The molecule has 0 aliphatic carbocycles. The van der Waals surface area contributed by atoms with Gasteiger partial charge in [-0.2, -0.15) is 0 Å². The van der Waals surface area contributed by atoms with Crippen molar-refractivity contribution in [2.75, 3.05) is 0 Å². The molecule has 90 valence electrons. The second-order valence-corrected chi connectivity index (χ2v) is 4.28. The van der Waals surface area contributed by atoms with Gasteiger partial charge in [-0.1, -0.05) is 17.7 Å². The number of amides is 2. The number of aromatic amines is 1. The fourth-order valence-corrected chi connectivity index (χ4v) is 2.31. The topological polar surface area (TPSA) is 82.2 Å². The Kier molecular flexibility index (Phi) is 2.18. The number of rotatable bonds is 1. The van der Waals surface area contributed by atoms with Crippen LogP contribution in [0.15, 0.2) is 30.2 Å². The number of aliphatic hydroxyl groups excluding tert-OH is 1. The summed E-state index contributed by atoms with van der Waals surface area (Å²) in [7, 11) is 0. The molecule has 18 heavy (non-hydrogen) atoms. The number of halogens is 1. The average molecular weight is 263 g/mol. The molecule has 2 aromatic rings. The van der Waals surface area contributed by atoms with Crippen molar-refractivity contribution < 1.29 is 14.7 Å². The lowest BCUT2D eigenvalue weighted by atomic mass is 10.0. The predicted octanol–water partition coefficient (Wildman–Crippen LogP) is 1.75. The lowest BCUT2D eigenvalue weighted by molar-refractivity contribution is -0.124. The molecule has 0 saturated heterocycles. The van der Waals surface area contributed by atoms with Crippen LogP contribution in [-0.2, 0) is 9.59 Å². The zero-order valence-corrected chi connectivity index (χ0v) is 9.71. The number of nitrogens with one attached hydrogen (secondary N) is 2. The van der Waals surface area contributed by atoms with Crippen LogP contribution in [0.5, 0.6) is 0 Å². The van der Waals surface area contributed by atoms with E-state index in [1.54, 1.807) is 24.4 Å². The highest BCUT2D eigenvalue weighted by atomic mass is 35.5. The molecule has 0 spiro atoms. The Hall–Kier alpha value is -2.27. The Bertz CT molecular complexity index is 730. The molecule has 0 radical (unpaired) electrons. The number of aliphatic hydroxyl groups is 1. The van der Waals surface area contributed by atoms with Gasteiger partial charge in [0.1, 0.15) is 0 Å². The summed E-state index contributed by atoms with van der Waals surface area (Å²) in [5, 5.41) is 12.7. The van der Waals surface area contributed by atoms with E-state index in [4.69, 9.17) is 11.6 Å². The van der Waals surface area contributed by atoms with E-state index in [1.165, 1.54) is 0 Å². The zero-order valence-electron chi connectivity index (χ0n) is 8.95. The molecule has 6 heteroatoms. The van der Waals surface area contributed by atoms with E-state index in [9.17, 15) is 14.7 Å². The first-order valence-corrected chi connectivity index (χ1v) is 5.52. The van der Waals surface area contributed by atoms with E-state index < -0.39 is 17.6 Å². The number of imide groups is 1. The molecule has 2 amide bonds. The Labute approximate surface area is 106 Å². The number of fused-ring (bicyclic) bond motifs is 1. The normalized spacial score (nSPS) is 15.6.